The van der Waals surface area contributed by atoms with Gasteiger partial charge in [-0.3, -0.25) is 0 Å². The van der Waals surface area contributed by atoms with E-state index in [4.69, 9.17) is 4.74 Å². The van der Waals surface area contributed by atoms with Crippen LogP contribution in [0.1, 0.15) is 63.6 Å². The molecule has 0 fully saturated rings. The van der Waals surface area contributed by atoms with E-state index < -0.39 is 0 Å². The predicted octanol–water partition coefficient (Wildman–Crippen LogP) is 4.50. The summed E-state index contributed by atoms with van der Waals surface area (Å²) in [6.07, 6.45) is 5.95. The fourth-order valence-corrected chi connectivity index (χ4v) is 3.22. The molecule has 21 heavy (non-hydrogen) atoms. The summed E-state index contributed by atoms with van der Waals surface area (Å²) in [6, 6.07) is 9.38. The van der Waals surface area contributed by atoms with Crippen molar-refractivity contribution in [3.05, 3.63) is 35.4 Å². The van der Waals surface area contributed by atoms with Gasteiger partial charge in [0.05, 0.1) is 0 Å². The van der Waals surface area contributed by atoms with Crippen LogP contribution < -0.4 is 5.32 Å². The maximum absolute atomic E-state index is 5.64. The normalized spacial score (nSPS) is 20.2. The van der Waals surface area contributed by atoms with Crippen LogP contribution in [0.2, 0.25) is 0 Å². The molecule has 0 heterocycles. The first-order valence-electron chi connectivity index (χ1n) is 8.54. The van der Waals surface area contributed by atoms with Gasteiger partial charge in [-0.15, -0.1) is 0 Å². The second-order valence-electron chi connectivity index (χ2n) is 6.89. The maximum atomic E-state index is 5.64. The lowest BCUT2D eigenvalue weighted by Crippen LogP contribution is -2.38. The van der Waals surface area contributed by atoms with Crippen LogP contribution in [0, 0.1) is 5.41 Å². The number of rotatable bonds is 8. The van der Waals surface area contributed by atoms with Crippen LogP contribution in [0.3, 0.4) is 0 Å². The van der Waals surface area contributed by atoms with Crippen molar-refractivity contribution in [1.29, 1.82) is 0 Å². The van der Waals surface area contributed by atoms with E-state index >= 15 is 0 Å². The van der Waals surface area contributed by atoms with E-state index in [-0.39, 0.29) is 0 Å². The molecule has 1 aliphatic rings. The molecule has 0 aromatic heterocycles. The Bertz CT molecular complexity index is 427. The van der Waals surface area contributed by atoms with Crippen molar-refractivity contribution >= 4 is 0 Å². The van der Waals surface area contributed by atoms with Gasteiger partial charge in [0.2, 0.25) is 0 Å². The highest BCUT2D eigenvalue weighted by molar-refractivity contribution is 5.34. The number of fused-ring (bicyclic) bond motifs is 1. The molecule has 118 valence electrons. The monoisotopic (exact) mass is 289 g/mol. The molecule has 1 atom stereocenters. The number of hydrogen-bond acceptors (Lipinski definition) is 2. The molecule has 0 amide bonds. The largest absolute Gasteiger partial charge is 0.381 e. The van der Waals surface area contributed by atoms with E-state index in [2.05, 4.69) is 50.4 Å². The minimum atomic E-state index is 0.331. The second-order valence-corrected chi connectivity index (χ2v) is 6.89. The fraction of sp³-hybridized carbons (Fsp3) is 0.684. The molecule has 1 aromatic carbocycles. The highest BCUT2D eigenvalue weighted by Crippen LogP contribution is 2.43. The molecule has 1 unspecified atom stereocenters. The Balaban J connectivity index is 1.83. The molecule has 1 N–H and O–H groups in total. The third-order valence-corrected chi connectivity index (χ3v) is 4.64. The molecule has 0 bridgehead atoms. The summed E-state index contributed by atoms with van der Waals surface area (Å²) >= 11 is 0. The van der Waals surface area contributed by atoms with E-state index in [1.807, 2.05) is 0 Å². The zero-order valence-corrected chi connectivity index (χ0v) is 14.0. The number of aryl methyl sites for hydroxylation is 1. The lowest BCUT2D eigenvalue weighted by molar-refractivity contribution is 0.125. The van der Waals surface area contributed by atoms with E-state index in [0.29, 0.717) is 11.5 Å². The minimum absolute atomic E-state index is 0.331. The Labute approximate surface area is 130 Å². The summed E-state index contributed by atoms with van der Waals surface area (Å²) in [5.41, 5.74) is 3.35. The Morgan fingerprint density at radius 1 is 1.19 bits per heavy atom. The van der Waals surface area contributed by atoms with E-state index in [1.165, 1.54) is 36.8 Å². The number of hydrogen-bond donors (Lipinski definition) is 1. The number of unbranched alkanes of at least 4 members (excludes halogenated alkanes) is 1. The van der Waals surface area contributed by atoms with E-state index in [1.54, 1.807) is 0 Å². The van der Waals surface area contributed by atoms with Gasteiger partial charge in [-0.05, 0) is 48.8 Å². The van der Waals surface area contributed by atoms with Gasteiger partial charge in [-0.1, -0.05) is 51.5 Å². The van der Waals surface area contributed by atoms with Crippen LogP contribution in [0.5, 0.6) is 0 Å². The standard InChI is InChI=1S/C19H31NO/c1-4-5-14-21-15-8-13-20-18-17-10-7-6-9-16(17)11-12-19(18,2)3/h6-7,9-10,18,20H,4-5,8,11-15H2,1-3H3. The average molecular weight is 289 g/mol. The van der Waals surface area contributed by atoms with Gasteiger partial charge in [0, 0.05) is 19.3 Å². The van der Waals surface area contributed by atoms with E-state index in [9.17, 15) is 0 Å². The highest BCUT2D eigenvalue weighted by atomic mass is 16.5. The first kappa shape index (κ1) is 16.5. The molecule has 0 spiro atoms. The summed E-state index contributed by atoms with van der Waals surface area (Å²) in [5.74, 6) is 0. The van der Waals surface area contributed by atoms with Crippen molar-refractivity contribution in [1.82, 2.24) is 5.32 Å². The molecule has 0 radical (unpaired) electrons. The molecule has 2 nitrogen and oxygen atoms in total. The number of ether oxygens (including phenoxy) is 1. The lowest BCUT2D eigenvalue weighted by Gasteiger charge is -2.40. The van der Waals surface area contributed by atoms with Crippen molar-refractivity contribution in [2.75, 3.05) is 19.8 Å². The number of nitrogens with one attached hydrogen (secondary N) is 1. The van der Waals surface area contributed by atoms with E-state index in [0.717, 1.165) is 26.2 Å². The molecule has 2 rings (SSSR count). The van der Waals surface area contributed by atoms with Crippen molar-refractivity contribution < 1.29 is 4.74 Å². The fourth-order valence-electron chi connectivity index (χ4n) is 3.22. The third kappa shape index (κ3) is 4.55. The van der Waals surface area contributed by atoms with Crippen LogP contribution in [0.4, 0.5) is 0 Å². The van der Waals surface area contributed by atoms with Gasteiger partial charge >= 0.3 is 0 Å². The van der Waals surface area contributed by atoms with Gasteiger partial charge in [0.1, 0.15) is 0 Å². The van der Waals surface area contributed by atoms with Crippen molar-refractivity contribution in [3.8, 4) is 0 Å². The van der Waals surface area contributed by atoms with Gasteiger partial charge in [-0.2, -0.15) is 0 Å². The molecule has 0 aliphatic heterocycles. The van der Waals surface area contributed by atoms with Gasteiger partial charge < -0.3 is 10.1 Å². The second kappa shape index (κ2) is 7.95. The van der Waals surface area contributed by atoms with Crippen LogP contribution in [0.25, 0.3) is 0 Å². The Morgan fingerprint density at radius 3 is 2.76 bits per heavy atom. The Morgan fingerprint density at radius 2 is 1.95 bits per heavy atom. The molecule has 1 aliphatic carbocycles. The van der Waals surface area contributed by atoms with Crippen molar-refractivity contribution in [3.63, 3.8) is 0 Å². The van der Waals surface area contributed by atoms with Crippen LogP contribution in [0.15, 0.2) is 24.3 Å². The lowest BCUT2D eigenvalue weighted by atomic mass is 9.70. The van der Waals surface area contributed by atoms with Crippen molar-refractivity contribution in [2.24, 2.45) is 5.41 Å². The summed E-state index contributed by atoms with van der Waals surface area (Å²) in [5, 5.41) is 3.78. The van der Waals surface area contributed by atoms with Gasteiger partial charge in [0.25, 0.3) is 0 Å². The predicted molar refractivity (Wildman–Crippen MR) is 89.6 cm³/mol. The third-order valence-electron chi connectivity index (χ3n) is 4.64. The van der Waals surface area contributed by atoms with Crippen molar-refractivity contribution in [2.45, 2.75) is 58.9 Å². The van der Waals surface area contributed by atoms with Crippen LogP contribution in [-0.4, -0.2) is 19.8 Å². The first-order valence-corrected chi connectivity index (χ1v) is 8.54. The zero-order chi connectivity index (χ0) is 15.1. The van der Waals surface area contributed by atoms with Gasteiger partial charge in [0.15, 0.2) is 0 Å². The average Bonchev–Trinajstić information content (AvgIpc) is 2.48. The molecular weight excluding hydrogens is 258 g/mol. The summed E-state index contributed by atoms with van der Waals surface area (Å²) in [6.45, 7) is 9.80. The minimum Gasteiger partial charge on any atom is -0.381 e. The highest BCUT2D eigenvalue weighted by Gasteiger charge is 2.34. The molecule has 0 saturated heterocycles. The smallest absolute Gasteiger partial charge is 0.0478 e. The zero-order valence-electron chi connectivity index (χ0n) is 14.0. The quantitative estimate of drug-likeness (QED) is 0.712. The Kier molecular flexibility index (Phi) is 6.25. The van der Waals surface area contributed by atoms with Crippen LogP contribution in [-0.2, 0) is 11.2 Å². The first-order chi connectivity index (χ1) is 10.1. The maximum Gasteiger partial charge on any atom is 0.0478 e. The summed E-state index contributed by atoms with van der Waals surface area (Å²) in [7, 11) is 0. The molecular formula is C19H31NO. The summed E-state index contributed by atoms with van der Waals surface area (Å²) in [4.78, 5) is 0. The molecule has 1 aromatic rings. The summed E-state index contributed by atoms with van der Waals surface area (Å²) < 4.78 is 5.64. The molecule has 2 heteroatoms. The topological polar surface area (TPSA) is 21.3 Å². The van der Waals surface area contributed by atoms with Gasteiger partial charge in [-0.25, -0.2) is 0 Å². The molecule has 0 saturated carbocycles. The number of benzene rings is 1. The Hall–Kier alpha value is -0.860. The van der Waals surface area contributed by atoms with Crippen LogP contribution >= 0.6 is 0 Å². The SMILES string of the molecule is CCCCOCCCNC1c2ccccc2CCC1(C)C.